The molecule has 1 N–H and O–H groups in total. The average molecular weight is 205 g/mol. The second-order valence-electron chi connectivity index (χ2n) is 5.31. The van der Waals surface area contributed by atoms with Crippen molar-refractivity contribution in [1.82, 2.24) is 5.32 Å². The highest BCUT2D eigenvalue weighted by Crippen LogP contribution is 2.28. The predicted molar refractivity (Wildman–Crippen MR) is 67.0 cm³/mol. The van der Waals surface area contributed by atoms with Gasteiger partial charge in [0, 0.05) is 0 Å². The smallest absolute Gasteiger partial charge is 0.00153 e. The third-order valence-corrected chi connectivity index (χ3v) is 3.00. The minimum absolute atomic E-state index is 0.360. The molecule has 1 unspecified atom stereocenters. The Balaban J connectivity index is 2.67. The lowest BCUT2D eigenvalue weighted by atomic mass is 9.77. The molecular formula is C14H23N. The van der Waals surface area contributed by atoms with E-state index in [0.29, 0.717) is 11.3 Å². The minimum Gasteiger partial charge on any atom is -0.319 e. The molecule has 0 aliphatic carbocycles. The van der Waals surface area contributed by atoms with Gasteiger partial charge in [-0.1, -0.05) is 51.1 Å². The Bertz CT molecular complexity index is 271. The standard InChI is InChI=1S/C14H23N/c1-14(2,3)13(11-15-4)10-12-8-6-5-7-9-12/h5-9,13,15H,10-11H2,1-4H3. The van der Waals surface area contributed by atoms with Gasteiger partial charge in [-0.15, -0.1) is 0 Å². The summed E-state index contributed by atoms with van der Waals surface area (Å²) in [7, 11) is 2.03. The van der Waals surface area contributed by atoms with E-state index in [-0.39, 0.29) is 0 Å². The number of hydrogen-bond acceptors (Lipinski definition) is 1. The van der Waals surface area contributed by atoms with Gasteiger partial charge in [0.2, 0.25) is 0 Å². The van der Waals surface area contributed by atoms with Crippen molar-refractivity contribution in [3.05, 3.63) is 35.9 Å². The summed E-state index contributed by atoms with van der Waals surface area (Å²) in [4.78, 5) is 0. The van der Waals surface area contributed by atoms with Crippen LogP contribution in [0.3, 0.4) is 0 Å². The van der Waals surface area contributed by atoms with Crippen molar-refractivity contribution < 1.29 is 0 Å². The van der Waals surface area contributed by atoms with Crippen LogP contribution < -0.4 is 5.32 Å². The average Bonchev–Trinajstić information content (AvgIpc) is 2.17. The van der Waals surface area contributed by atoms with Crippen molar-refractivity contribution in [2.75, 3.05) is 13.6 Å². The molecule has 0 saturated carbocycles. The molecule has 1 atom stereocenters. The highest BCUT2D eigenvalue weighted by Gasteiger charge is 2.23. The first-order valence-corrected chi connectivity index (χ1v) is 5.72. The van der Waals surface area contributed by atoms with Crippen LogP contribution >= 0.6 is 0 Å². The first kappa shape index (κ1) is 12.3. The molecule has 0 spiro atoms. The van der Waals surface area contributed by atoms with Gasteiger partial charge < -0.3 is 5.32 Å². The zero-order valence-corrected chi connectivity index (χ0v) is 10.4. The largest absolute Gasteiger partial charge is 0.319 e. The van der Waals surface area contributed by atoms with Crippen LogP contribution in [0.5, 0.6) is 0 Å². The molecule has 0 fully saturated rings. The van der Waals surface area contributed by atoms with Gasteiger partial charge in [-0.25, -0.2) is 0 Å². The summed E-state index contributed by atoms with van der Waals surface area (Å²) in [6, 6.07) is 10.7. The maximum absolute atomic E-state index is 3.29. The molecule has 1 aromatic carbocycles. The van der Waals surface area contributed by atoms with Gasteiger partial charge in [-0.3, -0.25) is 0 Å². The normalized spacial score (nSPS) is 13.9. The highest BCUT2D eigenvalue weighted by molar-refractivity contribution is 5.15. The fraction of sp³-hybridized carbons (Fsp3) is 0.571. The summed E-state index contributed by atoms with van der Waals surface area (Å²) in [5.41, 5.74) is 1.80. The van der Waals surface area contributed by atoms with Crippen molar-refractivity contribution in [3.63, 3.8) is 0 Å². The molecule has 1 rings (SSSR count). The van der Waals surface area contributed by atoms with E-state index in [1.807, 2.05) is 7.05 Å². The van der Waals surface area contributed by atoms with Crippen LogP contribution in [0, 0.1) is 11.3 Å². The number of rotatable bonds is 4. The summed E-state index contributed by atoms with van der Waals surface area (Å²) < 4.78 is 0. The molecule has 0 aliphatic heterocycles. The molecule has 0 radical (unpaired) electrons. The monoisotopic (exact) mass is 205 g/mol. The molecular weight excluding hydrogens is 182 g/mol. The van der Waals surface area contributed by atoms with Crippen LogP contribution in [0.15, 0.2) is 30.3 Å². The molecule has 0 saturated heterocycles. The molecule has 1 heteroatoms. The quantitative estimate of drug-likeness (QED) is 0.796. The van der Waals surface area contributed by atoms with Gasteiger partial charge in [0.25, 0.3) is 0 Å². The topological polar surface area (TPSA) is 12.0 Å². The van der Waals surface area contributed by atoms with E-state index in [0.717, 1.165) is 13.0 Å². The Labute approximate surface area is 93.9 Å². The summed E-state index contributed by atoms with van der Waals surface area (Å²) in [6.07, 6.45) is 1.16. The number of hydrogen-bond donors (Lipinski definition) is 1. The van der Waals surface area contributed by atoms with Crippen LogP contribution in [-0.2, 0) is 6.42 Å². The van der Waals surface area contributed by atoms with Crippen molar-refractivity contribution in [1.29, 1.82) is 0 Å². The molecule has 0 heterocycles. The van der Waals surface area contributed by atoms with E-state index in [1.165, 1.54) is 5.56 Å². The van der Waals surface area contributed by atoms with E-state index in [9.17, 15) is 0 Å². The van der Waals surface area contributed by atoms with E-state index < -0.39 is 0 Å². The Morgan fingerprint density at radius 3 is 2.20 bits per heavy atom. The Morgan fingerprint density at radius 1 is 1.13 bits per heavy atom. The lowest BCUT2D eigenvalue weighted by molar-refractivity contribution is 0.235. The van der Waals surface area contributed by atoms with Crippen molar-refractivity contribution in [2.24, 2.45) is 11.3 Å². The summed E-state index contributed by atoms with van der Waals surface area (Å²) >= 11 is 0. The van der Waals surface area contributed by atoms with Crippen LogP contribution in [0.1, 0.15) is 26.3 Å². The number of benzene rings is 1. The second-order valence-corrected chi connectivity index (χ2v) is 5.31. The zero-order chi connectivity index (χ0) is 11.3. The molecule has 15 heavy (non-hydrogen) atoms. The molecule has 0 aliphatic rings. The molecule has 0 aromatic heterocycles. The maximum atomic E-state index is 3.29. The lowest BCUT2D eigenvalue weighted by Gasteiger charge is -2.30. The van der Waals surface area contributed by atoms with Gasteiger partial charge in [-0.2, -0.15) is 0 Å². The van der Waals surface area contributed by atoms with Crippen LogP contribution in [0.25, 0.3) is 0 Å². The Morgan fingerprint density at radius 2 is 1.73 bits per heavy atom. The van der Waals surface area contributed by atoms with Gasteiger partial charge in [0.05, 0.1) is 0 Å². The third kappa shape index (κ3) is 4.05. The Kier molecular flexibility index (Phi) is 4.34. The number of nitrogens with one attached hydrogen (secondary N) is 1. The SMILES string of the molecule is CNCC(Cc1ccccc1)C(C)(C)C. The van der Waals surface area contributed by atoms with Crippen LogP contribution in [-0.4, -0.2) is 13.6 Å². The van der Waals surface area contributed by atoms with Gasteiger partial charge in [0.1, 0.15) is 0 Å². The van der Waals surface area contributed by atoms with Crippen molar-refractivity contribution in [3.8, 4) is 0 Å². The first-order valence-electron chi connectivity index (χ1n) is 5.72. The van der Waals surface area contributed by atoms with Crippen molar-refractivity contribution >= 4 is 0 Å². The van der Waals surface area contributed by atoms with E-state index in [4.69, 9.17) is 0 Å². The Hall–Kier alpha value is -0.820. The molecule has 0 amide bonds. The fourth-order valence-corrected chi connectivity index (χ4v) is 1.83. The second kappa shape index (κ2) is 5.32. The van der Waals surface area contributed by atoms with E-state index in [1.54, 1.807) is 0 Å². The summed E-state index contributed by atoms with van der Waals surface area (Å²) in [5.74, 6) is 0.685. The molecule has 0 bridgehead atoms. The third-order valence-electron chi connectivity index (χ3n) is 3.00. The molecule has 1 nitrogen and oxygen atoms in total. The predicted octanol–water partition coefficient (Wildman–Crippen LogP) is 3.11. The molecule has 84 valence electrons. The zero-order valence-electron chi connectivity index (χ0n) is 10.4. The van der Waals surface area contributed by atoms with Crippen LogP contribution in [0.4, 0.5) is 0 Å². The lowest BCUT2D eigenvalue weighted by Crippen LogP contribution is -2.31. The summed E-state index contributed by atoms with van der Waals surface area (Å²) in [6.45, 7) is 8.03. The summed E-state index contributed by atoms with van der Waals surface area (Å²) in [5, 5.41) is 3.29. The fourth-order valence-electron chi connectivity index (χ4n) is 1.83. The first-order chi connectivity index (χ1) is 7.04. The maximum Gasteiger partial charge on any atom is -0.00153 e. The van der Waals surface area contributed by atoms with Crippen LogP contribution in [0.2, 0.25) is 0 Å². The minimum atomic E-state index is 0.360. The van der Waals surface area contributed by atoms with Gasteiger partial charge in [-0.05, 0) is 36.9 Å². The molecule has 1 aromatic rings. The highest BCUT2D eigenvalue weighted by atomic mass is 14.8. The van der Waals surface area contributed by atoms with Gasteiger partial charge >= 0.3 is 0 Å². The van der Waals surface area contributed by atoms with Gasteiger partial charge in [0.15, 0.2) is 0 Å². The van der Waals surface area contributed by atoms with Crippen molar-refractivity contribution in [2.45, 2.75) is 27.2 Å². The van der Waals surface area contributed by atoms with E-state index in [2.05, 4.69) is 56.4 Å². The van der Waals surface area contributed by atoms with E-state index >= 15 is 0 Å².